The second-order valence-electron chi connectivity index (χ2n) is 7.35. The SMILES string of the molecule is CC(C)c1cc2[nH]c(CNC(=O)C34CC(C3)C4)cc2cc1Cl. The summed E-state index contributed by atoms with van der Waals surface area (Å²) in [7, 11) is 0. The Morgan fingerprint density at radius 2 is 2.09 bits per heavy atom. The van der Waals surface area contributed by atoms with E-state index in [1.807, 2.05) is 6.07 Å². The highest BCUT2D eigenvalue weighted by atomic mass is 35.5. The van der Waals surface area contributed by atoms with E-state index in [0.29, 0.717) is 12.5 Å². The topological polar surface area (TPSA) is 44.9 Å². The number of hydrogen-bond acceptors (Lipinski definition) is 1. The number of H-pyrrole nitrogens is 1. The Morgan fingerprint density at radius 3 is 2.68 bits per heavy atom. The molecule has 22 heavy (non-hydrogen) atoms. The zero-order chi connectivity index (χ0) is 15.5. The normalized spacial score (nSPS) is 25.9. The van der Waals surface area contributed by atoms with Gasteiger partial charge in [-0.2, -0.15) is 0 Å². The van der Waals surface area contributed by atoms with Gasteiger partial charge in [-0.1, -0.05) is 25.4 Å². The molecule has 1 amide bonds. The van der Waals surface area contributed by atoms with Crippen molar-refractivity contribution >= 4 is 28.4 Å². The van der Waals surface area contributed by atoms with E-state index < -0.39 is 0 Å². The van der Waals surface area contributed by atoms with Gasteiger partial charge in [-0.25, -0.2) is 0 Å². The Kier molecular flexibility index (Phi) is 3.06. The lowest BCUT2D eigenvalue weighted by Crippen LogP contribution is -2.60. The van der Waals surface area contributed by atoms with Gasteiger partial charge in [-0.15, -0.1) is 0 Å². The summed E-state index contributed by atoms with van der Waals surface area (Å²) in [6.45, 7) is 4.84. The van der Waals surface area contributed by atoms with E-state index in [1.165, 1.54) is 0 Å². The number of nitrogens with one attached hydrogen (secondary N) is 2. The van der Waals surface area contributed by atoms with E-state index in [2.05, 4.69) is 36.3 Å². The minimum atomic E-state index is -0.00912. The first-order valence-electron chi connectivity index (χ1n) is 8.06. The Balaban J connectivity index is 1.51. The third-order valence-electron chi connectivity index (χ3n) is 5.38. The molecule has 0 unspecified atom stereocenters. The molecule has 2 aromatic rings. The van der Waals surface area contributed by atoms with Gasteiger partial charge in [0.25, 0.3) is 0 Å². The van der Waals surface area contributed by atoms with Crippen LogP contribution < -0.4 is 5.32 Å². The number of aromatic nitrogens is 1. The smallest absolute Gasteiger partial charge is 0.226 e. The largest absolute Gasteiger partial charge is 0.357 e. The van der Waals surface area contributed by atoms with Gasteiger partial charge in [0.2, 0.25) is 5.91 Å². The van der Waals surface area contributed by atoms with E-state index in [4.69, 9.17) is 11.6 Å². The standard InChI is InChI=1S/C18H21ClN2O/c1-10(2)14-5-16-12(4-15(14)19)3-13(21-16)9-20-17(22)18-6-11(7-18)8-18/h3-5,10-11,21H,6-9H2,1-2H3,(H,20,22). The Bertz CT molecular complexity index is 745. The molecule has 1 heterocycles. The van der Waals surface area contributed by atoms with Crippen LogP contribution >= 0.6 is 11.6 Å². The summed E-state index contributed by atoms with van der Waals surface area (Å²) in [4.78, 5) is 15.6. The van der Waals surface area contributed by atoms with Crippen LogP contribution in [0.5, 0.6) is 0 Å². The molecule has 3 saturated carbocycles. The van der Waals surface area contributed by atoms with Gasteiger partial charge in [0, 0.05) is 27.0 Å². The van der Waals surface area contributed by atoms with E-state index in [0.717, 1.165) is 52.4 Å². The number of halogens is 1. The number of carbonyl (C=O) groups is 1. The van der Waals surface area contributed by atoms with Crippen LogP contribution in [0.2, 0.25) is 5.02 Å². The number of benzene rings is 1. The zero-order valence-corrected chi connectivity index (χ0v) is 13.8. The molecule has 0 saturated heterocycles. The van der Waals surface area contributed by atoms with Gasteiger partial charge >= 0.3 is 0 Å². The molecule has 5 rings (SSSR count). The van der Waals surface area contributed by atoms with Crippen LogP contribution in [0.15, 0.2) is 18.2 Å². The zero-order valence-electron chi connectivity index (χ0n) is 13.0. The van der Waals surface area contributed by atoms with Crippen molar-refractivity contribution < 1.29 is 4.79 Å². The van der Waals surface area contributed by atoms with Crippen molar-refractivity contribution in [1.29, 1.82) is 0 Å². The second-order valence-corrected chi connectivity index (χ2v) is 7.76. The molecule has 0 atom stereocenters. The van der Waals surface area contributed by atoms with Gasteiger partial charge in [0.05, 0.1) is 6.54 Å². The average Bonchev–Trinajstić information content (AvgIpc) is 2.73. The van der Waals surface area contributed by atoms with Crippen LogP contribution in [0, 0.1) is 11.3 Å². The quantitative estimate of drug-likeness (QED) is 0.864. The van der Waals surface area contributed by atoms with Crippen molar-refractivity contribution in [2.45, 2.75) is 45.6 Å². The lowest BCUT2D eigenvalue weighted by atomic mass is 9.44. The van der Waals surface area contributed by atoms with Crippen LogP contribution in [0.3, 0.4) is 0 Å². The Hall–Kier alpha value is -1.48. The van der Waals surface area contributed by atoms with E-state index in [9.17, 15) is 4.79 Å². The molecule has 0 spiro atoms. The molecule has 3 fully saturated rings. The third-order valence-corrected chi connectivity index (χ3v) is 5.70. The van der Waals surface area contributed by atoms with Crippen LogP contribution in [-0.2, 0) is 11.3 Å². The van der Waals surface area contributed by atoms with Crippen molar-refractivity contribution in [3.63, 3.8) is 0 Å². The van der Waals surface area contributed by atoms with E-state index in [1.54, 1.807) is 0 Å². The number of aromatic amines is 1. The average molecular weight is 317 g/mol. The maximum atomic E-state index is 12.2. The minimum absolute atomic E-state index is 0.00912. The highest BCUT2D eigenvalue weighted by Gasteiger charge is 2.61. The van der Waals surface area contributed by atoms with Crippen molar-refractivity contribution in [1.82, 2.24) is 10.3 Å². The van der Waals surface area contributed by atoms with Crippen molar-refractivity contribution in [3.8, 4) is 0 Å². The summed E-state index contributed by atoms with van der Waals surface area (Å²) in [5, 5.41) is 5.00. The maximum Gasteiger partial charge on any atom is 0.226 e. The van der Waals surface area contributed by atoms with Gasteiger partial charge < -0.3 is 10.3 Å². The summed E-state index contributed by atoms with van der Waals surface area (Å²) >= 11 is 6.34. The predicted octanol–water partition coefficient (Wildman–Crippen LogP) is 4.36. The van der Waals surface area contributed by atoms with Crippen LogP contribution in [0.4, 0.5) is 0 Å². The summed E-state index contributed by atoms with van der Waals surface area (Å²) in [5.41, 5.74) is 3.26. The lowest BCUT2D eigenvalue weighted by Gasteiger charge is -2.60. The summed E-state index contributed by atoms with van der Waals surface area (Å²) in [6, 6.07) is 6.21. The number of amides is 1. The first-order chi connectivity index (χ1) is 10.5. The lowest BCUT2D eigenvalue weighted by molar-refractivity contribution is -0.165. The minimum Gasteiger partial charge on any atom is -0.357 e. The second kappa shape index (κ2) is 4.76. The monoisotopic (exact) mass is 316 g/mol. The molecule has 3 aliphatic carbocycles. The fraction of sp³-hybridized carbons (Fsp3) is 0.500. The summed E-state index contributed by atoms with van der Waals surface area (Å²) in [5.74, 6) is 1.46. The number of rotatable bonds is 4. The summed E-state index contributed by atoms with van der Waals surface area (Å²) in [6.07, 6.45) is 3.29. The molecule has 0 radical (unpaired) electrons. The van der Waals surface area contributed by atoms with Crippen LogP contribution in [0.25, 0.3) is 10.9 Å². The van der Waals surface area contributed by atoms with Crippen molar-refractivity contribution in [2.75, 3.05) is 0 Å². The molecule has 116 valence electrons. The molecule has 1 aromatic heterocycles. The molecule has 2 bridgehead atoms. The number of carbonyl (C=O) groups excluding carboxylic acids is 1. The first-order valence-corrected chi connectivity index (χ1v) is 8.44. The fourth-order valence-corrected chi connectivity index (χ4v) is 4.28. The molecule has 4 heteroatoms. The van der Waals surface area contributed by atoms with Crippen LogP contribution in [-0.4, -0.2) is 10.9 Å². The number of hydrogen-bond donors (Lipinski definition) is 2. The Labute approximate surface area is 135 Å². The van der Waals surface area contributed by atoms with Crippen LogP contribution in [0.1, 0.15) is 50.3 Å². The first kappa shape index (κ1) is 14.1. The van der Waals surface area contributed by atoms with Gasteiger partial charge in [0.15, 0.2) is 0 Å². The predicted molar refractivity (Wildman–Crippen MR) is 89.0 cm³/mol. The molecule has 2 N–H and O–H groups in total. The van der Waals surface area contributed by atoms with Gasteiger partial charge in [-0.05, 0) is 54.9 Å². The molecule has 0 aliphatic heterocycles. The maximum absolute atomic E-state index is 12.2. The van der Waals surface area contributed by atoms with E-state index >= 15 is 0 Å². The molecule has 3 nitrogen and oxygen atoms in total. The van der Waals surface area contributed by atoms with Gasteiger partial charge in [0.1, 0.15) is 0 Å². The van der Waals surface area contributed by atoms with Crippen molar-refractivity contribution in [2.24, 2.45) is 11.3 Å². The highest BCUT2D eigenvalue weighted by molar-refractivity contribution is 6.32. The number of fused-ring (bicyclic) bond motifs is 1. The third kappa shape index (κ3) is 2.06. The molecular weight excluding hydrogens is 296 g/mol. The van der Waals surface area contributed by atoms with Gasteiger partial charge in [-0.3, -0.25) is 4.79 Å². The molecule has 3 aliphatic rings. The molecule has 1 aromatic carbocycles. The van der Waals surface area contributed by atoms with Crippen molar-refractivity contribution in [3.05, 3.63) is 34.5 Å². The summed E-state index contributed by atoms with van der Waals surface area (Å²) < 4.78 is 0. The van der Waals surface area contributed by atoms with E-state index in [-0.39, 0.29) is 11.3 Å². The Morgan fingerprint density at radius 1 is 1.36 bits per heavy atom. The fourth-order valence-electron chi connectivity index (χ4n) is 3.89. The highest BCUT2D eigenvalue weighted by Crippen LogP contribution is 2.64. The molecular formula is C18H21ClN2O.